The lowest BCUT2D eigenvalue weighted by Crippen LogP contribution is -2.35. The molecule has 1 amide bonds. The number of ether oxygens (including phenoxy) is 1. The van der Waals surface area contributed by atoms with E-state index in [1.165, 1.54) is 4.57 Å². The van der Waals surface area contributed by atoms with Crippen LogP contribution in [0.2, 0.25) is 0 Å². The van der Waals surface area contributed by atoms with E-state index in [9.17, 15) is 9.59 Å². The van der Waals surface area contributed by atoms with Crippen molar-refractivity contribution in [2.75, 3.05) is 24.6 Å². The lowest BCUT2D eigenvalue weighted by Gasteiger charge is -2.17. The summed E-state index contributed by atoms with van der Waals surface area (Å²) >= 11 is 0. The molecule has 0 radical (unpaired) electrons. The molecule has 0 fully saturated rings. The van der Waals surface area contributed by atoms with E-state index in [1.54, 1.807) is 0 Å². The van der Waals surface area contributed by atoms with E-state index in [2.05, 4.69) is 20.5 Å². The summed E-state index contributed by atoms with van der Waals surface area (Å²) in [5.41, 5.74) is 2.42. The van der Waals surface area contributed by atoms with E-state index in [0.29, 0.717) is 38.6 Å². The zero-order valence-electron chi connectivity index (χ0n) is 18.2. The molecule has 0 atom stereocenters. The molecule has 0 unspecified atom stereocenters. The van der Waals surface area contributed by atoms with E-state index >= 15 is 0 Å². The fourth-order valence-electron chi connectivity index (χ4n) is 4.12. The van der Waals surface area contributed by atoms with E-state index in [0.717, 1.165) is 27.9 Å². The van der Waals surface area contributed by atoms with Crippen LogP contribution in [-0.4, -0.2) is 45.4 Å². The Kier molecular flexibility index (Phi) is 5.52. The number of carbonyl (C=O) groups excluding carboxylic acids is 1. The van der Waals surface area contributed by atoms with E-state index in [1.807, 2.05) is 66.6 Å². The van der Waals surface area contributed by atoms with Crippen LogP contribution in [0.15, 0.2) is 59.5 Å². The number of hydrogen-bond donors (Lipinski definition) is 2. The van der Waals surface area contributed by atoms with Crippen molar-refractivity contribution in [1.82, 2.24) is 25.1 Å². The number of nitrogens with zero attached hydrogens (tertiary/aromatic N) is 4. The molecule has 2 N–H and O–H groups in total. The molecule has 1 aliphatic heterocycles. The third kappa shape index (κ3) is 3.93. The Labute approximate surface area is 190 Å². The number of amides is 1. The first kappa shape index (κ1) is 20.7. The quantitative estimate of drug-likeness (QED) is 0.454. The second-order valence-electron chi connectivity index (χ2n) is 7.75. The molecule has 0 saturated carbocycles. The van der Waals surface area contributed by atoms with Gasteiger partial charge in [-0.3, -0.25) is 14.2 Å². The number of fused-ring (bicyclic) bond motifs is 2. The maximum absolute atomic E-state index is 12.9. The molecule has 0 bridgehead atoms. The van der Waals surface area contributed by atoms with Gasteiger partial charge in [-0.2, -0.15) is 0 Å². The summed E-state index contributed by atoms with van der Waals surface area (Å²) in [7, 11) is 0. The van der Waals surface area contributed by atoms with Crippen LogP contribution < -0.4 is 20.5 Å². The van der Waals surface area contributed by atoms with Gasteiger partial charge < -0.3 is 19.9 Å². The number of hydrogen-bond acceptors (Lipinski definition) is 6. The minimum atomic E-state index is -0.512. The highest BCUT2D eigenvalue weighted by Crippen LogP contribution is 2.28. The third-order valence-electron chi connectivity index (χ3n) is 5.75. The van der Waals surface area contributed by atoms with Crippen LogP contribution in [0.5, 0.6) is 5.75 Å². The predicted molar refractivity (Wildman–Crippen MR) is 125 cm³/mol. The van der Waals surface area contributed by atoms with Crippen LogP contribution in [-0.2, 0) is 13.0 Å². The van der Waals surface area contributed by atoms with Crippen molar-refractivity contribution in [3.8, 4) is 5.75 Å². The van der Waals surface area contributed by atoms with Gasteiger partial charge in [-0.25, -0.2) is 0 Å². The molecule has 33 heavy (non-hydrogen) atoms. The number of rotatable bonds is 7. The van der Waals surface area contributed by atoms with Gasteiger partial charge in [0.05, 0.1) is 6.61 Å². The Morgan fingerprint density at radius 2 is 1.94 bits per heavy atom. The van der Waals surface area contributed by atoms with Crippen molar-refractivity contribution < 1.29 is 9.53 Å². The molecule has 1 aliphatic rings. The molecule has 9 nitrogen and oxygen atoms in total. The zero-order chi connectivity index (χ0) is 22.8. The summed E-state index contributed by atoms with van der Waals surface area (Å²) in [5.74, 6) is 0.699. The average molecular weight is 444 g/mol. The monoisotopic (exact) mass is 444 g/mol. The Morgan fingerprint density at radius 3 is 2.76 bits per heavy atom. The average Bonchev–Trinajstić information content (AvgIpc) is 3.45. The molecule has 0 aliphatic carbocycles. The van der Waals surface area contributed by atoms with Crippen LogP contribution >= 0.6 is 0 Å². The van der Waals surface area contributed by atoms with Gasteiger partial charge in [-0.15, -0.1) is 10.2 Å². The van der Waals surface area contributed by atoms with Crippen molar-refractivity contribution in [2.45, 2.75) is 19.9 Å². The maximum atomic E-state index is 12.9. The summed E-state index contributed by atoms with van der Waals surface area (Å²) in [5, 5.41) is 12.1. The van der Waals surface area contributed by atoms with Crippen LogP contribution in [0, 0.1) is 0 Å². The Bertz CT molecular complexity index is 1360. The first-order valence-corrected chi connectivity index (χ1v) is 11.0. The van der Waals surface area contributed by atoms with Gasteiger partial charge in [-0.1, -0.05) is 18.2 Å². The fourth-order valence-corrected chi connectivity index (χ4v) is 4.12. The van der Waals surface area contributed by atoms with Crippen molar-refractivity contribution in [2.24, 2.45) is 0 Å². The van der Waals surface area contributed by atoms with Crippen molar-refractivity contribution >= 4 is 28.4 Å². The first-order chi connectivity index (χ1) is 16.2. The van der Waals surface area contributed by atoms with Crippen LogP contribution in [0.1, 0.15) is 23.0 Å². The van der Waals surface area contributed by atoms with Crippen LogP contribution in [0.4, 0.5) is 11.6 Å². The number of benzene rings is 2. The van der Waals surface area contributed by atoms with Crippen molar-refractivity contribution in [3.63, 3.8) is 0 Å². The number of aromatic nitrogens is 4. The maximum Gasteiger partial charge on any atom is 0.286 e. The summed E-state index contributed by atoms with van der Waals surface area (Å²) in [4.78, 5) is 30.7. The predicted octanol–water partition coefficient (Wildman–Crippen LogP) is 2.64. The molecule has 0 saturated heterocycles. The number of H-pyrrole nitrogens is 1. The van der Waals surface area contributed by atoms with E-state index < -0.39 is 11.5 Å². The molecule has 4 aromatic rings. The Morgan fingerprint density at radius 1 is 1.12 bits per heavy atom. The second kappa shape index (κ2) is 8.78. The zero-order valence-corrected chi connectivity index (χ0v) is 18.2. The molecule has 2 aromatic carbocycles. The minimum absolute atomic E-state index is 0.189. The topological polar surface area (TPSA) is 105 Å². The molecular formula is C24H24N6O3. The van der Waals surface area contributed by atoms with Gasteiger partial charge in [-0.05, 0) is 49.2 Å². The standard InChI is InChI=1S/C24H24N6O3/c1-2-33-18-9-7-17(8-10-18)29-13-14-30-23(32)21(27-28-24(29)30)22(31)25-12-11-16-15-26-20-6-4-3-5-19(16)20/h3-10,15,26H,2,11-14H2,1H3,(H,25,31). The van der Waals surface area contributed by atoms with Crippen molar-refractivity contribution in [3.05, 3.63) is 76.3 Å². The Hall–Kier alpha value is -4.14. The number of para-hydroxylation sites is 1. The molecular weight excluding hydrogens is 420 g/mol. The summed E-state index contributed by atoms with van der Waals surface area (Å²) in [6, 6.07) is 15.6. The molecule has 168 valence electrons. The lowest BCUT2D eigenvalue weighted by molar-refractivity contribution is 0.0945. The summed E-state index contributed by atoms with van der Waals surface area (Å²) in [6.45, 7) is 3.93. The van der Waals surface area contributed by atoms with Gasteiger partial charge in [0, 0.05) is 42.4 Å². The lowest BCUT2D eigenvalue weighted by atomic mass is 10.1. The van der Waals surface area contributed by atoms with Crippen LogP contribution in [0.25, 0.3) is 10.9 Å². The van der Waals surface area contributed by atoms with Crippen molar-refractivity contribution in [1.29, 1.82) is 0 Å². The van der Waals surface area contributed by atoms with Gasteiger partial charge in [0.25, 0.3) is 11.5 Å². The largest absolute Gasteiger partial charge is 0.494 e. The smallest absolute Gasteiger partial charge is 0.286 e. The molecule has 9 heteroatoms. The summed E-state index contributed by atoms with van der Waals surface area (Å²) in [6.07, 6.45) is 2.58. The highest BCUT2D eigenvalue weighted by molar-refractivity contribution is 5.92. The van der Waals surface area contributed by atoms with Crippen LogP contribution in [0.3, 0.4) is 0 Å². The molecule has 0 spiro atoms. The number of carbonyl (C=O) groups is 1. The Balaban J connectivity index is 1.28. The molecule has 2 aromatic heterocycles. The van der Waals surface area contributed by atoms with Gasteiger partial charge >= 0.3 is 0 Å². The SMILES string of the molecule is CCOc1ccc(N2CCn3c2nnc(C(=O)NCCc2c[nH]c4ccccc24)c3=O)cc1. The molecule has 3 heterocycles. The highest BCUT2D eigenvalue weighted by atomic mass is 16.5. The normalized spacial score (nSPS) is 12.7. The highest BCUT2D eigenvalue weighted by Gasteiger charge is 2.27. The third-order valence-corrected chi connectivity index (χ3v) is 5.75. The molecule has 5 rings (SSSR count). The van der Waals surface area contributed by atoms with Gasteiger partial charge in [0.15, 0.2) is 0 Å². The number of nitrogens with one attached hydrogen (secondary N) is 2. The minimum Gasteiger partial charge on any atom is -0.494 e. The van der Waals surface area contributed by atoms with Gasteiger partial charge in [0.1, 0.15) is 5.75 Å². The van der Waals surface area contributed by atoms with Gasteiger partial charge in [0.2, 0.25) is 11.6 Å². The number of aromatic amines is 1. The van der Waals surface area contributed by atoms with E-state index in [4.69, 9.17) is 4.74 Å². The summed E-state index contributed by atoms with van der Waals surface area (Å²) < 4.78 is 6.98. The first-order valence-electron chi connectivity index (χ1n) is 11.0. The van der Waals surface area contributed by atoms with E-state index in [-0.39, 0.29) is 5.69 Å². The fraction of sp³-hybridized carbons (Fsp3) is 0.250. The second-order valence-corrected chi connectivity index (χ2v) is 7.75. The number of anilines is 2.